The van der Waals surface area contributed by atoms with E-state index in [2.05, 4.69) is 25.2 Å². The van der Waals surface area contributed by atoms with E-state index in [0.717, 1.165) is 30.8 Å². The number of rotatable bonds is 4. The van der Waals surface area contributed by atoms with Gasteiger partial charge >= 0.3 is 6.18 Å². The molecule has 1 aliphatic rings. The molecule has 1 saturated heterocycles. The predicted molar refractivity (Wildman–Crippen MR) is 83.6 cm³/mol. The van der Waals surface area contributed by atoms with Gasteiger partial charge in [0.15, 0.2) is 0 Å². The van der Waals surface area contributed by atoms with Crippen LogP contribution in [0.25, 0.3) is 0 Å². The minimum Gasteiger partial charge on any atom is -0.350 e. The summed E-state index contributed by atoms with van der Waals surface area (Å²) in [6.07, 6.45) is -0.943. The molecule has 2 aromatic heterocycles. The first-order valence-corrected chi connectivity index (χ1v) is 7.78. The monoisotopic (exact) mass is 357 g/mol. The molecule has 5 nitrogen and oxygen atoms in total. The van der Waals surface area contributed by atoms with Crippen LogP contribution in [-0.2, 0) is 12.7 Å². The Morgan fingerprint density at radius 1 is 1.25 bits per heavy atom. The Labute approximate surface area is 141 Å². The van der Waals surface area contributed by atoms with Crippen LogP contribution in [0, 0.1) is 0 Å². The number of nitrogens with zero attached hydrogens (tertiary/aromatic N) is 4. The van der Waals surface area contributed by atoms with Crippen LogP contribution in [-0.4, -0.2) is 39.0 Å². The molecule has 1 atom stereocenters. The van der Waals surface area contributed by atoms with Gasteiger partial charge in [-0.3, -0.25) is 4.90 Å². The van der Waals surface area contributed by atoms with Crippen molar-refractivity contribution in [2.24, 2.45) is 0 Å². The number of likely N-dealkylation sites (tertiary alicyclic amines) is 1. The molecule has 1 aliphatic heterocycles. The van der Waals surface area contributed by atoms with Gasteiger partial charge in [0.2, 0.25) is 5.95 Å². The van der Waals surface area contributed by atoms with Crippen molar-refractivity contribution in [1.82, 2.24) is 19.9 Å². The van der Waals surface area contributed by atoms with E-state index in [1.807, 2.05) is 12.1 Å². The average Bonchev–Trinajstić information content (AvgIpc) is 2.96. The highest BCUT2D eigenvalue weighted by atomic mass is 35.5. The molecular weight excluding hydrogens is 343 g/mol. The molecule has 1 N–H and O–H groups in total. The predicted octanol–water partition coefficient (Wildman–Crippen LogP) is 3.23. The summed E-state index contributed by atoms with van der Waals surface area (Å²) in [5.41, 5.74) is -0.0212. The minimum absolute atomic E-state index is 0.00362. The molecule has 24 heavy (non-hydrogen) atoms. The maximum absolute atomic E-state index is 12.7. The quantitative estimate of drug-likeness (QED) is 0.851. The molecule has 1 unspecified atom stereocenters. The number of halogens is 4. The highest BCUT2D eigenvalue weighted by Crippen LogP contribution is 2.28. The third-order valence-corrected chi connectivity index (χ3v) is 4.12. The Hall–Kier alpha value is -1.93. The highest BCUT2D eigenvalue weighted by molar-refractivity contribution is 6.30. The molecule has 0 spiro atoms. The average molecular weight is 358 g/mol. The standard InChI is InChI=1S/C15H15ClF3N5/c16-13-10(2-1-5-20-13)8-24-7-4-11(9-24)22-14-21-6-3-12(23-14)15(17,18)19/h1-3,5-6,11H,4,7-9H2,(H,21,22,23). The smallest absolute Gasteiger partial charge is 0.350 e. The van der Waals surface area contributed by atoms with Crippen LogP contribution in [0.1, 0.15) is 17.7 Å². The van der Waals surface area contributed by atoms with Crippen molar-refractivity contribution in [3.8, 4) is 0 Å². The lowest BCUT2D eigenvalue weighted by Gasteiger charge is -2.17. The largest absolute Gasteiger partial charge is 0.433 e. The number of anilines is 1. The molecule has 9 heteroatoms. The summed E-state index contributed by atoms with van der Waals surface area (Å²) in [6, 6.07) is 4.58. The van der Waals surface area contributed by atoms with Crippen LogP contribution < -0.4 is 5.32 Å². The molecule has 3 rings (SSSR count). The number of nitrogens with one attached hydrogen (secondary N) is 1. The van der Waals surface area contributed by atoms with Crippen molar-refractivity contribution >= 4 is 17.5 Å². The lowest BCUT2D eigenvalue weighted by atomic mass is 10.2. The normalized spacial score (nSPS) is 18.8. The van der Waals surface area contributed by atoms with Crippen LogP contribution in [0.2, 0.25) is 5.15 Å². The molecule has 0 amide bonds. The molecule has 0 aromatic carbocycles. The van der Waals surface area contributed by atoms with Crippen molar-refractivity contribution in [3.63, 3.8) is 0 Å². The van der Waals surface area contributed by atoms with Crippen LogP contribution in [0.4, 0.5) is 19.1 Å². The van der Waals surface area contributed by atoms with Gasteiger partial charge in [0.05, 0.1) is 0 Å². The summed E-state index contributed by atoms with van der Waals surface area (Å²) in [6.45, 7) is 2.13. The van der Waals surface area contributed by atoms with Crippen molar-refractivity contribution in [2.75, 3.05) is 18.4 Å². The highest BCUT2D eigenvalue weighted by Gasteiger charge is 2.33. The second-order valence-electron chi connectivity index (χ2n) is 5.58. The van der Waals surface area contributed by atoms with Gasteiger partial charge in [0, 0.05) is 43.6 Å². The third-order valence-electron chi connectivity index (χ3n) is 3.78. The van der Waals surface area contributed by atoms with Crippen molar-refractivity contribution in [2.45, 2.75) is 25.2 Å². The van der Waals surface area contributed by atoms with E-state index in [-0.39, 0.29) is 12.0 Å². The summed E-state index contributed by atoms with van der Waals surface area (Å²) in [4.78, 5) is 13.6. The lowest BCUT2D eigenvalue weighted by Crippen LogP contribution is -2.27. The molecule has 128 valence electrons. The second-order valence-corrected chi connectivity index (χ2v) is 5.94. The number of pyridine rings is 1. The molecule has 2 aromatic rings. The van der Waals surface area contributed by atoms with E-state index >= 15 is 0 Å². The summed E-state index contributed by atoms with van der Waals surface area (Å²) in [5, 5.41) is 3.44. The fraction of sp³-hybridized carbons (Fsp3) is 0.400. The first kappa shape index (κ1) is 16.9. The number of alkyl halides is 3. The van der Waals surface area contributed by atoms with Crippen LogP contribution in [0.15, 0.2) is 30.6 Å². The zero-order chi connectivity index (χ0) is 17.2. The third kappa shape index (κ3) is 4.12. The van der Waals surface area contributed by atoms with E-state index < -0.39 is 11.9 Å². The zero-order valence-electron chi connectivity index (χ0n) is 12.6. The zero-order valence-corrected chi connectivity index (χ0v) is 13.3. The molecule has 3 heterocycles. The van der Waals surface area contributed by atoms with Crippen molar-refractivity contribution in [3.05, 3.63) is 47.0 Å². The van der Waals surface area contributed by atoms with E-state index in [9.17, 15) is 13.2 Å². The Morgan fingerprint density at radius 3 is 2.83 bits per heavy atom. The SMILES string of the molecule is FC(F)(F)c1ccnc(NC2CCN(Cc3cccnc3Cl)C2)n1. The van der Waals surface area contributed by atoms with E-state index in [1.54, 1.807) is 6.20 Å². The van der Waals surface area contributed by atoms with Gasteiger partial charge in [-0.1, -0.05) is 17.7 Å². The lowest BCUT2D eigenvalue weighted by molar-refractivity contribution is -0.141. The Kier molecular flexibility index (Phi) is 4.86. The number of aromatic nitrogens is 3. The van der Waals surface area contributed by atoms with E-state index in [1.165, 1.54) is 0 Å². The van der Waals surface area contributed by atoms with Gasteiger partial charge in [-0.25, -0.2) is 15.0 Å². The minimum atomic E-state index is -4.47. The van der Waals surface area contributed by atoms with Crippen LogP contribution in [0.5, 0.6) is 0 Å². The fourth-order valence-corrected chi connectivity index (χ4v) is 2.82. The Bertz CT molecular complexity index is 710. The first-order chi connectivity index (χ1) is 11.4. The molecule has 0 aliphatic carbocycles. The van der Waals surface area contributed by atoms with Gasteiger partial charge in [0.25, 0.3) is 0 Å². The summed E-state index contributed by atoms with van der Waals surface area (Å²) in [7, 11) is 0. The number of hydrogen-bond acceptors (Lipinski definition) is 5. The Morgan fingerprint density at radius 2 is 2.08 bits per heavy atom. The fourth-order valence-electron chi connectivity index (χ4n) is 2.64. The molecule has 0 radical (unpaired) electrons. The van der Waals surface area contributed by atoms with Crippen molar-refractivity contribution < 1.29 is 13.2 Å². The van der Waals surface area contributed by atoms with E-state index in [0.29, 0.717) is 18.2 Å². The molecular formula is C15H15ClF3N5. The summed E-state index contributed by atoms with van der Waals surface area (Å²) in [5.74, 6) is -0.00362. The van der Waals surface area contributed by atoms with Gasteiger partial charge < -0.3 is 5.32 Å². The Balaban J connectivity index is 1.60. The topological polar surface area (TPSA) is 53.9 Å². The second kappa shape index (κ2) is 6.90. The van der Waals surface area contributed by atoms with Gasteiger partial charge in [-0.2, -0.15) is 13.2 Å². The number of hydrogen-bond donors (Lipinski definition) is 1. The van der Waals surface area contributed by atoms with Crippen LogP contribution in [0.3, 0.4) is 0 Å². The van der Waals surface area contributed by atoms with Gasteiger partial charge in [-0.05, 0) is 18.6 Å². The summed E-state index contributed by atoms with van der Waals surface area (Å²) >= 11 is 6.05. The van der Waals surface area contributed by atoms with Crippen LogP contribution >= 0.6 is 11.6 Å². The molecule has 1 fully saturated rings. The van der Waals surface area contributed by atoms with E-state index in [4.69, 9.17) is 11.6 Å². The first-order valence-electron chi connectivity index (χ1n) is 7.40. The maximum Gasteiger partial charge on any atom is 0.433 e. The van der Waals surface area contributed by atoms with Crippen molar-refractivity contribution in [1.29, 1.82) is 0 Å². The maximum atomic E-state index is 12.7. The molecule has 0 saturated carbocycles. The van der Waals surface area contributed by atoms with Gasteiger partial charge in [-0.15, -0.1) is 0 Å². The summed E-state index contributed by atoms with van der Waals surface area (Å²) < 4.78 is 38.0. The molecule has 0 bridgehead atoms. The van der Waals surface area contributed by atoms with Gasteiger partial charge in [0.1, 0.15) is 10.8 Å².